The molecule has 0 atom stereocenters. The first-order valence-electron chi connectivity index (χ1n) is 5.37. The van der Waals surface area contributed by atoms with Gasteiger partial charge < -0.3 is 15.9 Å². The number of hydrogen-bond acceptors (Lipinski definition) is 4. The first-order valence-corrected chi connectivity index (χ1v) is 5.37. The van der Waals surface area contributed by atoms with Crippen LogP contribution in [0.3, 0.4) is 0 Å². The van der Waals surface area contributed by atoms with Crippen LogP contribution in [0.15, 0.2) is 48.5 Å². The molecule has 0 unspecified atom stereocenters. The number of nitrogen functional groups attached to an aromatic ring is 1. The van der Waals surface area contributed by atoms with Crippen LogP contribution < -0.4 is 5.73 Å². The van der Waals surface area contributed by atoms with Crippen molar-refractivity contribution in [3.63, 3.8) is 0 Å². The summed E-state index contributed by atoms with van der Waals surface area (Å²) in [5.74, 6) is -0.930. The van der Waals surface area contributed by atoms with E-state index in [1.165, 1.54) is 12.1 Å². The average molecular weight is 259 g/mol. The number of rotatable bonds is 2. The van der Waals surface area contributed by atoms with Crippen LogP contribution in [0.1, 0.15) is 20.7 Å². The number of hydrogen-bond donors (Lipinski definition) is 3. The second-order valence-electron chi connectivity index (χ2n) is 3.57. The van der Waals surface area contributed by atoms with Gasteiger partial charge in [-0.25, -0.2) is 4.79 Å². The summed E-state index contributed by atoms with van der Waals surface area (Å²) in [6.07, 6.45) is 0.531. The molecule has 0 aliphatic rings. The van der Waals surface area contributed by atoms with Crippen molar-refractivity contribution in [2.24, 2.45) is 0 Å². The predicted molar refractivity (Wildman–Crippen MR) is 71.3 cm³/mol. The van der Waals surface area contributed by atoms with Gasteiger partial charge in [0.25, 0.3) is 0 Å². The van der Waals surface area contributed by atoms with Crippen LogP contribution in [0.25, 0.3) is 0 Å². The number of anilines is 1. The lowest BCUT2D eigenvalue weighted by molar-refractivity contribution is 0.0694. The van der Waals surface area contributed by atoms with E-state index < -0.39 is 5.97 Å². The van der Waals surface area contributed by atoms with E-state index in [0.717, 1.165) is 0 Å². The largest absolute Gasteiger partial charge is 0.506 e. The van der Waals surface area contributed by atoms with Crippen molar-refractivity contribution in [2.45, 2.75) is 0 Å². The molecule has 0 aliphatic carbocycles. The van der Waals surface area contributed by atoms with E-state index in [1.807, 2.05) is 0 Å². The molecule has 0 heterocycles. The molecule has 0 saturated heterocycles. The van der Waals surface area contributed by atoms with Gasteiger partial charge in [-0.2, -0.15) is 0 Å². The van der Waals surface area contributed by atoms with Crippen LogP contribution in [0.2, 0.25) is 0 Å². The Bertz CT molecular complexity index is 560. The highest BCUT2D eigenvalue weighted by molar-refractivity contribution is 5.96. The number of aromatic hydroxyl groups is 1. The molecule has 0 fully saturated rings. The fraction of sp³-hybridized carbons (Fsp3) is 0. The zero-order valence-electron chi connectivity index (χ0n) is 9.98. The van der Waals surface area contributed by atoms with Gasteiger partial charge in [0.1, 0.15) is 5.75 Å². The smallest absolute Gasteiger partial charge is 0.336 e. The lowest BCUT2D eigenvalue weighted by atomic mass is 10.1. The first-order chi connectivity index (χ1) is 9.06. The minimum atomic E-state index is -1.08. The fourth-order valence-corrected chi connectivity index (χ4v) is 1.28. The highest BCUT2D eigenvalue weighted by atomic mass is 16.4. The molecule has 0 bridgehead atoms. The molecular formula is C14H13NO4. The first kappa shape index (κ1) is 14.2. The van der Waals surface area contributed by atoms with Crippen LogP contribution in [0, 0.1) is 0 Å². The Morgan fingerprint density at radius 2 is 1.63 bits per heavy atom. The topological polar surface area (TPSA) is 101 Å². The lowest BCUT2D eigenvalue weighted by Crippen LogP contribution is -2.00. The third-order valence-electron chi connectivity index (χ3n) is 2.25. The van der Waals surface area contributed by atoms with Crippen LogP contribution in [0.4, 0.5) is 5.69 Å². The monoisotopic (exact) mass is 259 g/mol. The maximum absolute atomic E-state index is 10.4. The Balaban J connectivity index is 0.000000200. The minimum absolute atomic E-state index is 0.0440. The summed E-state index contributed by atoms with van der Waals surface area (Å²) in [7, 11) is 0. The van der Waals surface area contributed by atoms with Gasteiger partial charge in [0.05, 0.1) is 11.3 Å². The standard InChI is InChI=1S/C8H6O3.C6H7NO/c9-5-6-3-1-2-4-7(6)8(10)11;7-5-3-1-2-4-6(5)8/h1-5H,(H,10,11);1-4,8H,7H2. The molecule has 4 N–H and O–H groups in total. The van der Waals surface area contributed by atoms with E-state index in [-0.39, 0.29) is 16.9 Å². The maximum Gasteiger partial charge on any atom is 0.336 e. The third kappa shape index (κ3) is 4.16. The van der Waals surface area contributed by atoms with E-state index in [1.54, 1.807) is 36.4 Å². The summed E-state index contributed by atoms with van der Waals surface area (Å²) in [6.45, 7) is 0. The molecule has 2 aromatic carbocycles. The van der Waals surface area contributed by atoms with Gasteiger partial charge >= 0.3 is 5.97 Å². The highest BCUT2D eigenvalue weighted by Gasteiger charge is 2.06. The summed E-state index contributed by atoms with van der Waals surface area (Å²) in [4.78, 5) is 20.7. The van der Waals surface area contributed by atoms with Crippen molar-refractivity contribution < 1.29 is 19.8 Å². The summed E-state index contributed by atoms with van der Waals surface area (Å²) in [5, 5.41) is 17.3. The molecule has 5 nitrogen and oxygen atoms in total. The molecule has 0 amide bonds. The van der Waals surface area contributed by atoms with Gasteiger partial charge in [-0.05, 0) is 18.2 Å². The summed E-state index contributed by atoms with van der Waals surface area (Å²) in [6, 6.07) is 12.8. The van der Waals surface area contributed by atoms with Crippen molar-refractivity contribution in [1.29, 1.82) is 0 Å². The molecule has 2 rings (SSSR count). The number of carboxylic acid groups (broad SMARTS) is 1. The molecule has 0 saturated carbocycles. The van der Waals surface area contributed by atoms with E-state index in [9.17, 15) is 9.59 Å². The van der Waals surface area contributed by atoms with Crippen LogP contribution >= 0.6 is 0 Å². The Morgan fingerprint density at radius 1 is 1.05 bits per heavy atom. The normalized spacial score (nSPS) is 9.05. The summed E-state index contributed by atoms with van der Waals surface area (Å²) in [5.41, 5.74) is 5.95. The molecule has 19 heavy (non-hydrogen) atoms. The van der Waals surface area contributed by atoms with Crippen molar-refractivity contribution in [2.75, 3.05) is 5.73 Å². The Morgan fingerprint density at radius 3 is 2.05 bits per heavy atom. The second kappa shape index (κ2) is 6.80. The van der Waals surface area contributed by atoms with Crippen molar-refractivity contribution >= 4 is 17.9 Å². The molecule has 2 aromatic rings. The van der Waals surface area contributed by atoms with Crippen LogP contribution in [0.5, 0.6) is 5.75 Å². The molecule has 0 aromatic heterocycles. The molecule has 0 aliphatic heterocycles. The highest BCUT2D eigenvalue weighted by Crippen LogP contribution is 2.16. The zero-order valence-corrected chi connectivity index (χ0v) is 9.98. The SMILES string of the molecule is Nc1ccccc1O.O=Cc1ccccc1C(=O)O. The number of para-hydroxylation sites is 2. The van der Waals surface area contributed by atoms with Gasteiger partial charge in [-0.15, -0.1) is 0 Å². The molecule has 0 radical (unpaired) electrons. The number of carbonyl (C=O) groups is 2. The van der Waals surface area contributed by atoms with Crippen molar-refractivity contribution in [3.05, 3.63) is 59.7 Å². The molecular weight excluding hydrogens is 246 g/mol. The number of nitrogens with two attached hydrogens (primary N) is 1. The Labute approximate surface area is 109 Å². The van der Waals surface area contributed by atoms with E-state index in [0.29, 0.717) is 12.0 Å². The van der Waals surface area contributed by atoms with Gasteiger partial charge in [-0.1, -0.05) is 30.3 Å². The number of aldehydes is 1. The van der Waals surface area contributed by atoms with Gasteiger partial charge in [0.15, 0.2) is 6.29 Å². The number of aromatic carboxylic acids is 1. The average Bonchev–Trinajstić information content (AvgIpc) is 2.42. The van der Waals surface area contributed by atoms with Crippen LogP contribution in [-0.2, 0) is 0 Å². The van der Waals surface area contributed by atoms with Crippen LogP contribution in [-0.4, -0.2) is 22.5 Å². The van der Waals surface area contributed by atoms with Gasteiger partial charge in [-0.3, -0.25) is 4.79 Å². The summed E-state index contributed by atoms with van der Waals surface area (Å²) >= 11 is 0. The summed E-state index contributed by atoms with van der Waals surface area (Å²) < 4.78 is 0. The van der Waals surface area contributed by atoms with Gasteiger partial charge in [0.2, 0.25) is 0 Å². The van der Waals surface area contributed by atoms with Crippen molar-refractivity contribution in [3.8, 4) is 5.75 Å². The lowest BCUT2D eigenvalue weighted by Gasteiger charge is -1.95. The number of carbonyl (C=O) groups excluding carboxylic acids is 1. The predicted octanol–water partition coefficient (Wildman–Crippen LogP) is 2.17. The Kier molecular flexibility index (Phi) is 5.10. The minimum Gasteiger partial charge on any atom is -0.506 e. The van der Waals surface area contributed by atoms with E-state index in [2.05, 4.69) is 0 Å². The van der Waals surface area contributed by atoms with Gasteiger partial charge in [0, 0.05) is 5.56 Å². The number of carboxylic acids is 1. The fourth-order valence-electron chi connectivity index (χ4n) is 1.28. The maximum atomic E-state index is 10.4. The number of phenolic OH excluding ortho intramolecular Hbond substituents is 1. The molecule has 5 heteroatoms. The zero-order chi connectivity index (χ0) is 14.3. The van der Waals surface area contributed by atoms with Crippen molar-refractivity contribution in [1.82, 2.24) is 0 Å². The quantitative estimate of drug-likeness (QED) is 0.436. The number of phenols is 1. The molecule has 0 spiro atoms. The number of benzene rings is 2. The van der Waals surface area contributed by atoms with E-state index in [4.69, 9.17) is 15.9 Å². The Hall–Kier alpha value is -2.82. The molecule has 98 valence electrons. The third-order valence-corrected chi connectivity index (χ3v) is 2.25. The van der Waals surface area contributed by atoms with E-state index >= 15 is 0 Å². The second-order valence-corrected chi connectivity index (χ2v) is 3.57.